The monoisotopic (exact) mass is 759 g/mol. The number of rotatable bonds is 11. The third kappa shape index (κ3) is 6.86. The number of nitrogens with two attached hydrogens (primary N) is 1. The van der Waals surface area contributed by atoms with Crippen molar-refractivity contribution in [2.75, 3.05) is 17.2 Å². The van der Waals surface area contributed by atoms with Crippen LogP contribution in [-0.4, -0.2) is 110 Å². The van der Waals surface area contributed by atoms with Crippen LogP contribution < -0.4 is 16.6 Å². The van der Waals surface area contributed by atoms with Crippen LogP contribution in [-0.2, 0) is 24.0 Å². The van der Waals surface area contributed by atoms with Crippen molar-refractivity contribution in [3.05, 3.63) is 69.2 Å². The molecule has 20 nitrogen and oxygen atoms in total. The summed E-state index contributed by atoms with van der Waals surface area (Å²) in [5.41, 5.74) is 8.35. The van der Waals surface area contributed by atoms with Gasteiger partial charge in [-0.05, 0) is 30.7 Å². The molecule has 5 heterocycles. The zero-order valence-corrected chi connectivity index (χ0v) is 28.2. The van der Waals surface area contributed by atoms with Gasteiger partial charge in [0.05, 0.1) is 11.2 Å². The Labute approximate surface area is 298 Å². The maximum absolute atomic E-state index is 13.5. The zero-order valence-electron chi connectivity index (χ0n) is 25.8. The standard InChI is InChI=1S/C28H25N9O11S3/c1-10-4-17(37-16(30-10)6-35(34-37)28(46)47)49-7-12-8-50-24-19(23(41)36(24)20(12)25(42)43)32-22(40)18(13-9-51-27(29)31-13)33-48-21(26(44)45)11-2-3-14(38)15(39)5-11/h2-6,9,19,21,24,34,38-39H,7-8H2,1H3,(H2,29,31)(H,32,40)(H,42,43)(H,44,45)(H,46,47)/t19-,21?,24-/m1/s1. The van der Waals surface area contributed by atoms with E-state index in [1.807, 2.05) is 0 Å². The number of hydrazine groups is 2. The minimum absolute atomic E-state index is 0.0394. The second-order valence-corrected chi connectivity index (χ2v) is 13.8. The second kappa shape index (κ2) is 13.9. The van der Waals surface area contributed by atoms with Gasteiger partial charge in [-0.25, -0.2) is 29.4 Å². The number of carbonyl (C=O) groups excluding carboxylic acids is 2. The summed E-state index contributed by atoms with van der Waals surface area (Å²) >= 11 is 3.34. The maximum atomic E-state index is 13.5. The van der Waals surface area contributed by atoms with Gasteiger partial charge in [0.2, 0.25) is 6.10 Å². The first-order valence-electron chi connectivity index (χ1n) is 14.3. The van der Waals surface area contributed by atoms with Gasteiger partial charge in [-0.3, -0.25) is 14.5 Å². The molecular formula is C28H25N9O11S3. The predicted molar refractivity (Wildman–Crippen MR) is 181 cm³/mol. The molecule has 6 rings (SSSR count). The highest BCUT2D eigenvalue weighted by atomic mass is 32.2. The van der Waals surface area contributed by atoms with Gasteiger partial charge in [0, 0.05) is 28.2 Å². The van der Waals surface area contributed by atoms with E-state index in [2.05, 4.69) is 26.0 Å². The Morgan fingerprint density at radius 2 is 1.98 bits per heavy atom. The number of thiazole rings is 1. The number of β-lactam (4-membered cyclic amide) rings is 1. The van der Waals surface area contributed by atoms with Gasteiger partial charge >= 0.3 is 18.0 Å². The van der Waals surface area contributed by atoms with Crippen molar-refractivity contribution < 1.29 is 54.3 Å². The smallest absolute Gasteiger partial charge is 0.427 e. The number of aromatic hydroxyl groups is 2. The third-order valence-electron chi connectivity index (χ3n) is 7.42. The molecule has 0 spiro atoms. The first-order chi connectivity index (χ1) is 24.2. The van der Waals surface area contributed by atoms with E-state index in [0.717, 1.165) is 39.4 Å². The molecule has 0 bridgehead atoms. The van der Waals surface area contributed by atoms with Gasteiger partial charge in [0.1, 0.15) is 22.8 Å². The van der Waals surface area contributed by atoms with E-state index in [9.17, 15) is 49.5 Å². The lowest BCUT2D eigenvalue weighted by molar-refractivity contribution is -0.151. The van der Waals surface area contributed by atoms with Crippen LogP contribution in [0.5, 0.6) is 11.5 Å². The lowest BCUT2D eigenvalue weighted by atomic mass is 10.0. The molecule has 3 amide bonds. The lowest BCUT2D eigenvalue weighted by Crippen LogP contribution is -2.71. The number of carboxylic acids is 2. The van der Waals surface area contributed by atoms with Crippen LogP contribution in [0.3, 0.4) is 0 Å². The second-order valence-electron chi connectivity index (χ2n) is 10.8. The van der Waals surface area contributed by atoms with Crippen molar-refractivity contribution in [2.45, 2.75) is 24.4 Å². The van der Waals surface area contributed by atoms with Gasteiger partial charge in [0.15, 0.2) is 28.2 Å². The number of aromatic nitrogens is 1. The first-order valence-corrected chi connectivity index (χ1v) is 17.3. The number of aliphatic carboxylic acids is 2. The molecule has 0 aliphatic carbocycles. The highest BCUT2D eigenvalue weighted by molar-refractivity contribution is 8.03. The molecular weight excluding hydrogens is 735 g/mol. The Balaban J connectivity index is 1.18. The average Bonchev–Trinajstić information content (AvgIpc) is 3.71. The number of hydrogen-bond donors (Lipinski definition) is 8. The number of oxime groups is 1. The summed E-state index contributed by atoms with van der Waals surface area (Å²) in [5.74, 6) is -5.19. The number of hydrogen-bond acceptors (Lipinski definition) is 17. The molecule has 2 aromatic rings. The average molecular weight is 760 g/mol. The van der Waals surface area contributed by atoms with Crippen LogP contribution in [0.15, 0.2) is 68.1 Å². The number of thioether (sulfide) groups is 2. The van der Waals surface area contributed by atoms with Crippen molar-refractivity contribution >= 4 is 81.3 Å². The number of carbonyl (C=O) groups is 5. The Kier molecular flexibility index (Phi) is 9.52. The molecule has 4 aliphatic heterocycles. The summed E-state index contributed by atoms with van der Waals surface area (Å²) < 4.78 is 0. The minimum atomic E-state index is -1.84. The summed E-state index contributed by atoms with van der Waals surface area (Å²) in [7, 11) is 0. The lowest BCUT2D eigenvalue weighted by Gasteiger charge is -2.49. The third-order valence-corrected chi connectivity index (χ3v) is 10.5. The van der Waals surface area contributed by atoms with E-state index in [0.29, 0.717) is 22.1 Å². The van der Waals surface area contributed by atoms with E-state index >= 15 is 0 Å². The molecule has 1 aromatic carbocycles. The van der Waals surface area contributed by atoms with E-state index in [1.165, 1.54) is 40.1 Å². The van der Waals surface area contributed by atoms with Gasteiger partial charge < -0.3 is 41.4 Å². The molecule has 9 N–H and O–H groups in total. The maximum Gasteiger partial charge on any atom is 0.427 e. The van der Waals surface area contributed by atoms with E-state index in [-0.39, 0.29) is 33.6 Å². The van der Waals surface area contributed by atoms with Crippen molar-refractivity contribution in [3.63, 3.8) is 0 Å². The van der Waals surface area contributed by atoms with E-state index in [4.69, 9.17) is 10.6 Å². The Bertz CT molecular complexity index is 2030. The number of nitrogens with one attached hydrogen (secondary N) is 2. The number of fused-ring (bicyclic) bond motifs is 2. The van der Waals surface area contributed by atoms with Gasteiger partial charge in [-0.1, -0.05) is 11.2 Å². The molecule has 0 saturated carbocycles. The number of nitrogens with zero attached hydrogens (tertiary/aromatic N) is 6. The number of aliphatic imine (C=N–C) groups is 1. The SMILES string of the molecule is CC1=NC2=CN(C(=O)O)NN2C(SCC2=C(C(=O)O)N3C(=O)[C@@H](NC(=O)C(=NOC(C(=O)O)c4ccc(O)c(O)c4)c4csc(N)n4)[C@H]3SC2)=C1. The van der Waals surface area contributed by atoms with Crippen LogP contribution in [0.4, 0.5) is 9.93 Å². The molecule has 4 aliphatic rings. The molecule has 51 heavy (non-hydrogen) atoms. The Morgan fingerprint density at radius 3 is 2.63 bits per heavy atom. The van der Waals surface area contributed by atoms with Crippen molar-refractivity contribution in [1.29, 1.82) is 0 Å². The predicted octanol–water partition coefficient (Wildman–Crippen LogP) is 0.985. The quantitative estimate of drug-likeness (QED) is 0.0686. The van der Waals surface area contributed by atoms with Crippen molar-refractivity contribution in [1.82, 2.24) is 30.8 Å². The first kappa shape index (κ1) is 35.1. The summed E-state index contributed by atoms with van der Waals surface area (Å²) in [5, 5.41) is 58.2. The fourth-order valence-corrected chi connectivity index (χ4v) is 8.19. The number of amides is 3. The Morgan fingerprint density at radius 1 is 1.22 bits per heavy atom. The number of anilines is 1. The largest absolute Gasteiger partial charge is 0.504 e. The van der Waals surface area contributed by atoms with E-state index < -0.39 is 64.6 Å². The number of allylic oxidation sites excluding steroid dienone is 1. The summed E-state index contributed by atoms with van der Waals surface area (Å²) in [6.07, 6.45) is -0.136. The van der Waals surface area contributed by atoms with Crippen LogP contribution >= 0.6 is 34.9 Å². The summed E-state index contributed by atoms with van der Waals surface area (Å²) in [4.78, 5) is 77.4. The number of carboxylic acid groups (broad SMARTS) is 3. The van der Waals surface area contributed by atoms with Crippen molar-refractivity contribution in [2.24, 2.45) is 10.1 Å². The van der Waals surface area contributed by atoms with Crippen LogP contribution in [0.25, 0.3) is 0 Å². The fourth-order valence-electron chi connectivity index (χ4n) is 5.09. The van der Waals surface area contributed by atoms with Gasteiger partial charge in [0.25, 0.3) is 11.8 Å². The number of benzene rings is 1. The summed E-state index contributed by atoms with van der Waals surface area (Å²) in [6, 6.07) is 1.94. The number of nitrogen functional groups attached to an aromatic ring is 1. The number of phenolic OH excluding ortho intramolecular Hbond substituents is 2. The highest BCUT2D eigenvalue weighted by Crippen LogP contribution is 2.42. The summed E-state index contributed by atoms with van der Waals surface area (Å²) in [6.45, 7) is 1.72. The topological polar surface area (TPSA) is 293 Å². The molecule has 23 heteroatoms. The van der Waals surface area contributed by atoms with Crippen LogP contribution in [0.2, 0.25) is 0 Å². The molecule has 1 fully saturated rings. The Hall–Kier alpha value is -5.78. The van der Waals surface area contributed by atoms with Crippen LogP contribution in [0, 0.1) is 0 Å². The minimum Gasteiger partial charge on any atom is -0.504 e. The fraction of sp³-hybridized carbons (Fsp3) is 0.214. The molecule has 1 aromatic heterocycles. The molecule has 1 saturated heterocycles. The highest BCUT2D eigenvalue weighted by Gasteiger charge is 2.54. The number of phenols is 2. The molecule has 3 atom stereocenters. The van der Waals surface area contributed by atoms with E-state index in [1.54, 1.807) is 13.0 Å². The normalized spacial score (nSPS) is 20.4. The van der Waals surface area contributed by atoms with Crippen LogP contribution in [0.1, 0.15) is 24.3 Å². The van der Waals surface area contributed by atoms with Crippen molar-refractivity contribution in [3.8, 4) is 11.5 Å². The molecule has 1 unspecified atom stereocenters. The molecule has 0 radical (unpaired) electrons. The zero-order chi connectivity index (χ0) is 36.7. The van der Waals surface area contributed by atoms with Gasteiger partial charge in [-0.15, -0.1) is 40.4 Å². The van der Waals surface area contributed by atoms with Gasteiger partial charge in [-0.2, -0.15) is 5.01 Å². The molecule has 266 valence electrons.